The Morgan fingerprint density at radius 3 is 1.68 bits per heavy atom. The molecule has 0 heterocycles. The van der Waals surface area contributed by atoms with Gasteiger partial charge in [-0.2, -0.15) is 0 Å². The number of esters is 2. The highest BCUT2D eigenvalue weighted by Crippen LogP contribution is 2.55. The molecule has 3 unspecified atom stereocenters. The van der Waals surface area contributed by atoms with Crippen molar-refractivity contribution >= 4 is 11.9 Å². The first-order chi connectivity index (χ1) is 17.7. The van der Waals surface area contributed by atoms with Crippen LogP contribution in [0.4, 0.5) is 0 Å². The molecule has 8 heteroatoms. The Morgan fingerprint density at radius 2 is 1.16 bits per heavy atom. The summed E-state index contributed by atoms with van der Waals surface area (Å²) >= 11 is 0. The van der Waals surface area contributed by atoms with E-state index in [1.807, 2.05) is 6.92 Å². The molecule has 2 aromatic carbocycles. The minimum Gasteiger partial charge on any atom is -0.461 e. The van der Waals surface area contributed by atoms with Gasteiger partial charge < -0.3 is 29.2 Å². The molecule has 1 aliphatic carbocycles. The van der Waals surface area contributed by atoms with Gasteiger partial charge >= 0.3 is 11.9 Å². The van der Waals surface area contributed by atoms with Crippen molar-refractivity contribution in [3.63, 3.8) is 0 Å². The third-order valence-electron chi connectivity index (χ3n) is 5.83. The SMILES string of the molecule is C=C(C)C(=O)Oc1cc(OC(O)C(=C)C)c2c(c1)C(C)c1cc(OC(O)C(=C)C)cc(OC(=O)C(=C)C)c1-2. The van der Waals surface area contributed by atoms with Crippen molar-refractivity contribution in [2.45, 2.75) is 53.1 Å². The first kappa shape index (κ1) is 28.4. The van der Waals surface area contributed by atoms with Crippen molar-refractivity contribution in [3.8, 4) is 34.1 Å². The molecule has 0 saturated heterocycles. The first-order valence-corrected chi connectivity index (χ1v) is 11.8. The van der Waals surface area contributed by atoms with Crippen LogP contribution in [0.2, 0.25) is 0 Å². The topological polar surface area (TPSA) is 112 Å². The van der Waals surface area contributed by atoms with E-state index in [1.165, 1.54) is 26.0 Å². The predicted molar refractivity (Wildman–Crippen MR) is 143 cm³/mol. The molecule has 3 atom stereocenters. The maximum Gasteiger partial charge on any atom is 0.338 e. The average Bonchev–Trinajstić information content (AvgIpc) is 3.11. The molecule has 2 N–H and O–H groups in total. The number of carbonyl (C=O) groups is 2. The summed E-state index contributed by atoms with van der Waals surface area (Å²) in [5, 5.41) is 20.7. The van der Waals surface area contributed by atoms with Gasteiger partial charge in [0.25, 0.3) is 0 Å². The zero-order valence-electron chi connectivity index (χ0n) is 22.2. The van der Waals surface area contributed by atoms with Gasteiger partial charge in [-0.1, -0.05) is 33.2 Å². The van der Waals surface area contributed by atoms with Crippen LogP contribution >= 0.6 is 0 Å². The van der Waals surface area contributed by atoms with Gasteiger partial charge in [-0.3, -0.25) is 0 Å². The van der Waals surface area contributed by atoms with Crippen molar-refractivity contribution in [1.29, 1.82) is 0 Å². The molecule has 0 saturated carbocycles. The van der Waals surface area contributed by atoms with Crippen LogP contribution < -0.4 is 18.9 Å². The van der Waals surface area contributed by atoms with Crippen LogP contribution in [-0.4, -0.2) is 34.7 Å². The molecular formula is C30H32O8. The fraction of sp³-hybridized carbons (Fsp3) is 0.267. The summed E-state index contributed by atoms with van der Waals surface area (Å²) in [5.41, 5.74) is 3.53. The lowest BCUT2D eigenvalue weighted by Gasteiger charge is -2.20. The van der Waals surface area contributed by atoms with E-state index in [2.05, 4.69) is 26.3 Å². The van der Waals surface area contributed by atoms with Gasteiger partial charge in [0, 0.05) is 40.3 Å². The van der Waals surface area contributed by atoms with Crippen molar-refractivity contribution in [1.82, 2.24) is 0 Å². The fourth-order valence-corrected chi connectivity index (χ4v) is 3.74. The highest BCUT2D eigenvalue weighted by atomic mass is 16.6. The summed E-state index contributed by atoms with van der Waals surface area (Å²) in [6.07, 6.45) is -2.64. The molecule has 0 fully saturated rings. The second kappa shape index (κ2) is 11.1. The van der Waals surface area contributed by atoms with Crippen molar-refractivity contribution in [2.24, 2.45) is 0 Å². The first-order valence-electron chi connectivity index (χ1n) is 11.8. The molecule has 0 aliphatic heterocycles. The summed E-state index contributed by atoms with van der Waals surface area (Å²) in [6.45, 7) is 22.8. The number of ether oxygens (including phenoxy) is 4. The second-order valence-corrected chi connectivity index (χ2v) is 9.47. The summed E-state index contributed by atoms with van der Waals surface area (Å²) in [7, 11) is 0. The van der Waals surface area contributed by atoms with Crippen LogP contribution in [0, 0.1) is 0 Å². The predicted octanol–water partition coefficient (Wildman–Crippen LogP) is 5.33. The number of hydrogen-bond donors (Lipinski definition) is 2. The molecule has 8 nitrogen and oxygen atoms in total. The molecule has 3 rings (SSSR count). The maximum atomic E-state index is 12.6. The van der Waals surface area contributed by atoms with Crippen LogP contribution in [0.25, 0.3) is 11.1 Å². The van der Waals surface area contributed by atoms with E-state index >= 15 is 0 Å². The van der Waals surface area contributed by atoms with Crippen molar-refractivity contribution < 1.29 is 38.7 Å². The molecular weight excluding hydrogens is 488 g/mol. The molecule has 0 bridgehead atoms. The Kier molecular flexibility index (Phi) is 8.29. The highest BCUT2D eigenvalue weighted by Gasteiger charge is 2.35. The zero-order valence-corrected chi connectivity index (χ0v) is 22.2. The summed E-state index contributed by atoms with van der Waals surface area (Å²) in [5.74, 6) is -0.887. The Bertz CT molecular complexity index is 1370. The quantitative estimate of drug-likeness (QED) is 0.142. The third kappa shape index (κ3) is 5.88. The molecule has 1 aliphatic rings. The summed E-state index contributed by atoms with van der Waals surface area (Å²) in [6, 6.07) is 6.33. The maximum absolute atomic E-state index is 12.6. The molecule has 2 aromatic rings. The number of aliphatic hydroxyl groups is 2. The average molecular weight is 521 g/mol. The number of aliphatic hydroxyl groups excluding tert-OH is 2. The molecule has 0 spiro atoms. The number of hydrogen-bond acceptors (Lipinski definition) is 8. The van der Waals surface area contributed by atoms with Crippen LogP contribution in [0.5, 0.6) is 23.0 Å². The van der Waals surface area contributed by atoms with E-state index in [4.69, 9.17) is 18.9 Å². The van der Waals surface area contributed by atoms with Gasteiger partial charge in [-0.15, -0.1) is 0 Å². The van der Waals surface area contributed by atoms with E-state index in [-0.39, 0.29) is 40.1 Å². The van der Waals surface area contributed by atoms with Gasteiger partial charge in [0.1, 0.15) is 23.0 Å². The molecule has 200 valence electrons. The minimum atomic E-state index is -1.36. The zero-order chi connectivity index (χ0) is 28.5. The third-order valence-corrected chi connectivity index (χ3v) is 5.83. The van der Waals surface area contributed by atoms with Gasteiger partial charge in [0.2, 0.25) is 12.6 Å². The highest BCUT2D eigenvalue weighted by molar-refractivity contribution is 5.94. The summed E-state index contributed by atoms with van der Waals surface area (Å²) in [4.78, 5) is 24.8. The Labute approximate surface area is 222 Å². The van der Waals surface area contributed by atoms with Crippen LogP contribution in [0.3, 0.4) is 0 Å². The molecule has 0 amide bonds. The van der Waals surface area contributed by atoms with Crippen LogP contribution in [0.15, 0.2) is 72.9 Å². The largest absolute Gasteiger partial charge is 0.461 e. The van der Waals surface area contributed by atoms with E-state index < -0.39 is 24.5 Å². The number of fused-ring (bicyclic) bond motifs is 3. The summed E-state index contributed by atoms with van der Waals surface area (Å²) < 4.78 is 22.6. The Hall–Kier alpha value is -4.14. The van der Waals surface area contributed by atoms with E-state index in [0.717, 1.165) is 0 Å². The normalized spacial score (nSPS) is 14.9. The molecule has 0 radical (unpaired) electrons. The fourth-order valence-electron chi connectivity index (χ4n) is 3.74. The molecule has 38 heavy (non-hydrogen) atoms. The number of benzene rings is 2. The van der Waals surface area contributed by atoms with Gasteiger partial charge in [-0.25, -0.2) is 9.59 Å². The number of rotatable bonds is 10. The minimum absolute atomic E-state index is 0.131. The number of carbonyl (C=O) groups excluding carboxylic acids is 2. The lowest BCUT2D eigenvalue weighted by atomic mass is 9.99. The van der Waals surface area contributed by atoms with Crippen molar-refractivity contribution in [3.05, 3.63) is 84.0 Å². The van der Waals surface area contributed by atoms with Gasteiger partial charge in [0.05, 0.1) is 0 Å². The van der Waals surface area contributed by atoms with Crippen molar-refractivity contribution in [2.75, 3.05) is 0 Å². The molecule has 0 aromatic heterocycles. The van der Waals surface area contributed by atoms with E-state index in [9.17, 15) is 19.8 Å². The van der Waals surface area contributed by atoms with E-state index in [0.29, 0.717) is 33.4 Å². The van der Waals surface area contributed by atoms with E-state index in [1.54, 1.807) is 26.0 Å². The van der Waals surface area contributed by atoms with Gasteiger partial charge in [-0.05, 0) is 62.1 Å². The standard InChI is InChI=1S/C30H32O8/c1-14(2)27(31)35-19-10-21-18(9)22-11-20(36-28(32)15(3)4)13-24(38-30(34)17(7)8)26(22)25(21)23(12-19)37-29(33)16(5)6/h10-13,18,27,30-31,34H,1,3,5,7H2,2,4,6,8-9H3. The Balaban J connectivity index is 2.28. The second-order valence-electron chi connectivity index (χ2n) is 9.47. The lowest BCUT2D eigenvalue weighted by molar-refractivity contribution is -0.130. The monoisotopic (exact) mass is 520 g/mol. The van der Waals surface area contributed by atoms with Gasteiger partial charge in [0.15, 0.2) is 0 Å². The smallest absolute Gasteiger partial charge is 0.338 e. The van der Waals surface area contributed by atoms with Crippen LogP contribution in [-0.2, 0) is 9.59 Å². The lowest BCUT2D eigenvalue weighted by Crippen LogP contribution is -2.17. The Morgan fingerprint density at radius 1 is 0.711 bits per heavy atom. The van der Waals surface area contributed by atoms with Crippen LogP contribution in [0.1, 0.15) is 51.7 Å².